The van der Waals surface area contributed by atoms with Gasteiger partial charge in [-0.3, -0.25) is 5.32 Å². The molecule has 0 heterocycles. The summed E-state index contributed by atoms with van der Waals surface area (Å²) in [6, 6.07) is 0. The topological polar surface area (TPSA) is 124 Å². The summed E-state index contributed by atoms with van der Waals surface area (Å²) in [6.07, 6.45) is 0. The highest BCUT2D eigenvalue weighted by Gasteiger charge is 2.53. The summed E-state index contributed by atoms with van der Waals surface area (Å²) in [6.45, 7) is 0. The molecule has 0 aromatic heterocycles. The molecule has 7 nitrogen and oxygen atoms in total. The number of likely N-dealkylation sites (N-methyl/N-ethyl adjacent to an activating group) is 1. The van der Waals surface area contributed by atoms with E-state index in [9.17, 15) is 14.4 Å². The first-order chi connectivity index (χ1) is 5.39. The lowest BCUT2D eigenvalue weighted by atomic mass is 10.0. The monoisotopic (exact) mass is 177 g/mol. The van der Waals surface area contributed by atoms with Gasteiger partial charge in [-0.1, -0.05) is 0 Å². The smallest absolute Gasteiger partial charge is 0.347 e. The van der Waals surface area contributed by atoms with E-state index in [1.807, 2.05) is 0 Å². The zero-order valence-corrected chi connectivity index (χ0v) is 6.07. The van der Waals surface area contributed by atoms with Gasteiger partial charge in [-0.2, -0.15) is 0 Å². The van der Waals surface area contributed by atoms with Crippen LogP contribution in [0.15, 0.2) is 0 Å². The second-order valence-corrected chi connectivity index (χ2v) is 1.92. The van der Waals surface area contributed by atoms with Crippen molar-refractivity contribution in [3.8, 4) is 0 Å². The van der Waals surface area contributed by atoms with E-state index in [-0.39, 0.29) is 0 Å². The van der Waals surface area contributed by atoms with E-state index in [4.69, 9.17) is 15.3 Å². The second-order valence-electron chi connectivity index (χ2n) is 1.92. The summed E-state index contributed by atoms with van der Waals surface area (Å²) < 4.78 is 0. The molecule has 0 saturated heterocycles. The molecular weight excluding hydrogens is 170 g/mol. The van der Waals surface area contributed by atoms with E-state index in [1.54, 1.807) is 5.32 Å². The minimum atomic E-state index is -2.96. The Labute approximate surface area is 66.6 Å². The maximum absolute atomic E-state index is 10.3. The van der Waals surface area contributed by atoms with Gasteiger partial charge in [0, 0.05) is 0 Å². The van der Waals surface area contributed by atoms with Gasteiger partial charge in [0.25, 0.3) is 0 Å². The van der Waals surface area contributed by atoms with Gasteiger partial charge in [0.2, 0.25) is 0 Å². The van der Waals surface area contributed by atoms with Crippen LogP contribution in [0.2, 0.25) is 0 Å². The molecule has 0 spiro atoms. The Kier molecular flexibility index (Phi) is 2.75. The standard InChI is InChI=1S/C5H7NO6/c1-6-5(2(7)8,3(9)10)4(11)12/h6H,1H3,(H,7,8)(H,9,10)(H,11,12). The van der Waals surface area contributed by atoms with Crippen molar-refractivity contribution in [2.75, 3.05) is 7.05 Å². The van der Waals surface area contributed by atoms with E-state index in [0.717, 1.165) is 7.05 Å². The molecular formula is C5H7NO6. The van der Waals surface area contributed by atoms with E-state index >= 15 is 0 Å². The molecule has 0 saturated carbocycles. The Balaban J connectivity index is 5.19. The molecule has 0 aliphatic carbocycles. The minimum absolute atomic E-state index is 0.941. The van der Waals surface area contributed by atoms with Crippen molar-refractivity contribution in [1.29, 1.82) is 0 Å². The van der Waals surface area contributed by atoms with Crippen molar-refractivity contribution >= 4 is 17.9 Å². The first-order valence-corrected chi connectivity index (χ1v) is 2.78. The molecule has 0 aromatic carbocycles. The average Bonchev–Trinajstić information content (AvgIpc) is 1.86. The molecule has 0 fully saturated rings. The normalized spacial score (nSPS) is 10.8. The van der Waals surface area contributed by atoms with Crippen LogP contribution in [-0.4, -0.2) is 45.8 Å². The molecule has 0 amide bonds. The summed E-state index contributed by atoms with van der Waals surface area (Å²) in [7, 11) is 0.941. The van der Waals surface area contributed by atoms with Gasteiger partial charge >= 0.3 is 23.4 Å². The molecule has 0 radical (unpaired) electrons. The van der Waals surface area contributed by atoms with E-state index < -0.39 is 23.4 Å². The van der Waals surface area contributed by atoms with Crippen LogP contribution in [0, 0.1) is 0 Å². The Morgan fingerprint density at radius 3 is 1.25 bits per heavy atom. The molecule has 0 atom stereocenters. The number of hydrogen-bond donors (Lipinski definition) is 4. The van der Waals surface area contributed by atoms with Gasteiger partial charge in [0.1, 0.15) is 0 Å². The van der Waals surface area contributed by atoms with Gasteiger partial charge in [-0.05, 0) is 7.05 Å². The van der Waals surface area contributed by atoms with Gasteiger partial charge < -0.3 is 15.3 Å². The third-order valence-electron chi connectivity index (χ3n) is 1.34. The average molecular weight is 177 g/mol. The summed E-state index contributed by atoms with van der Waals surface area (Å²) >= 11 is 0. The zero-order valence-electron chi connectivity index (χ0n) is 6.07. The molecule has 0 aliphatic heterocycles. The molecule has 0 unspecified atom stereocenters. The first-order valence-electron chi connectivity index (χ1n) is 2.78. The van der Waals surface area contributed by atoms with Crippen molar-refractivity contribution in [2.24, 2.45) is 0 Å². The van der Waals surface area contributed by atoms with Crippen LogP contribution in [0.4, 0.5) is 0 Å². The maximum atomic E-state index is 10.3. The third-order valence-corrected chi connectivity index (χ3v) is 1.34. The fourth-order valence-corrected chi connectivity index (χ4v) is 0.595. The molecule has 7 heteroatoms. The van der Waals surface area contributed by atoms with Crippen molar-refractivity contribution in [3.05, 3.63) is 0 Å². The van der Waals surface area contributed by atoms with Crippen LogP contribution in [0.25, 0.3) is 0 Å². The summed E-state index contributed by atoms with van der Waals surface area (Å²) in [5.41, 5.74) is -2.96. The lowest BCUT2D eigenvalue weighted by Gasteiger charge is -2.18. The third kappa shape index (κ3) is 1.21. The Bertz CT molecular complexity index is 198. The predicted octanol–water partition coefficient (Wildman–Crippen LogP) is -1.80. The Morgan fingerprint density at radius 1 is 1.00 bits per heavy atom. The number of carboxylic acid groups (broad SMARTS) is 3. The van der Waals surface area contributed by atoms with Crippen molar-refractivity contribution in [2.45, 2.75) is 5.54 Å². The van der Waals surface area contributed by atoms with E-state index in [0.29, 0.717) is 0 Å². The first kappa shape index (κ1) is 10.4. The number of carbonyl (C=O) groups is 3. The number of nitrogens with one attached hydrogen (secondary N) is 1. The Morgan fingerprint density at radius 2 is 1.25 bits per heavy atom. The van der Waals surface area contributed by atoms with E-state index in [2.05, 4.69) is 0 Å². The van der Waals surface area contributed by atoms with Gasteiger partial charge in [-0.15, -0.1) is 0 Å². The highest BCUT2D eigenvalue weighted by atomic mass is 16.4. The zero-order chi connectivity index (χ0) is 9.94. The quantitative estimate of drug-likeness (QED) is 0.373. The molecule has 12 heavy (non-hydrogen) atoms. The van der Waals surface area contributed by atoms with Gasteiger partial charge in [0.05, 0.1) is 0 Å². The van der Waals surface area contributed by atoms with Crippen LogP contribution in [0.5, 0.6) is 0 Å². The van der Waals surface area contributed by atoms with E-state index in [1.165, 1.54) is 0 Å². The Hall–Kier alpha value is -1.63. The SMILES string of the molecule is CNC(C(=O)O)(C(=O)O)C(=O)O. The largest absolute Gasteiger partial charge is 0.479 e. The lowest BCUT2D eigenvalue weighted by Crippen LogP contribution is -2.62. The minimum Gasteiger partial charge on any atom is -0.479 e. The van der Waals surface area contributed by atoms with Crippen LogP contribution in [-0.2, 0) is 14.4 Å². The van der Waals surface area contributed by atoms with Crippen molar-refractivity contribution in [1.82, 2.24) is 5.32 Å². The number of aliphatic carboxylic acids is 3. The van der Waals surface area contributed by atoms with Crippen LogP contribution < -0.4 is 5.32 Å². The highest BCUT2D eigenvalue weighted by Crippen LogP contribution is 2.04. The number of hydrogen-bond acceptors (Lipinski definition) is 4. The second kappa shape index (κ2) is 3.18. The fourth-order valence-electron chi connectivity index (χ4n) is 0.595. The van der Waals surface area contributed by atoms with Crippen LogP contribution in [0.3, 0.4) is 0 Å². The van der Waals surface area contributed by atoms with Crippen molar-refractivity contribution < 1.29 is 29.7 Å². The highest BCUT2D eigenvalue weighted by molar-refractivity contribution is 6.21. The fraction of sp³-hybridized carbons (Fsp3) is 0.400. The van der Waals surface area contributed by atoms with Gasteiger partial charge in [-0.25, -0.2) is 14.4 Å². The molecule has 0 rings (SSSR count). The number of carboxylic acids is 3. The predicted molar refractivity (Wildman–Crippen MR) is 34.7 cm³/mol. The summed E-state index contributed by atoms with van der Waals surface area (Å²) in [5, 5.41) is 26.7. The maximum Gasteiger partial charge on any atom is 0.347 e. The summed E-state index contributed by atoms with van der Waals surface area (Å²) in [5.74, 6) is -5.90. The van der Waals surface area contributed by atoms with Crippen LogP contribution in [0.1, 0.15) is 0 Å². The summed E-state index contributed by atoms with van der Waals surface area (Å²) in [4.78, 5) is 30.9. The molecule has 0 aliphatic rings. The molecule has 68 valence electrons. The van der Waals surface area contributed by atoms with Crippen molar-refractivity contribution in [3.63, 3.8) is 0 Å². The van der Waals surface area contributed by atoms with Gasteiger partial charge in [0.15, 0.2) is 0 Å². The van der Waals surface area contributed by atoms with Crippen LogP contribution >= 0.6 is 0 Å². The molecule has 4 N–H and O–H groups in total. The molecule has 0 aromatic rings. The molecule has 0 bridgehead atoms. The lowest BCUT2D eigenvalue weighted by molar-refractivity contribution is -0.168. The number of rotatable bonds is 4.